The molecule has 3 heteroatoms. The molecule has 0 amide bonds. The fourth-order valence-electron chi connectivity index (χ4n) is 3.81. The van der Waals surface area contributed by atoms with Gasteiger partial charge in [0.05, 0.1) is 0 Å². The highest BCUT2D eigenvalue weighted by Gasteiger charge is 2.39. The summed E-state index contributed by atoms with van der Waals surface area (Å²) in [6.45, 7) is 4.74. The maximum atomic E-state index is 3.66. The first-order chi connectivity index (χ1) is 8.85. The Hall–Kier alpha value is 0.270. The molecular formula is C15H30N2S. The Labute approximate surface area is 117 Å². The molecule has 0 spiro atoms. The standard InChI is InChI=1S/C15H30N2S/c1-3-16-13-11-14-7-8-15(12-13)17(14)9-5-4-6-10-18-2/h13-16H,3-12H2,1-2H3. The average molecular weight is 270 g/mol. The summed E-state index contributed by atoms with van der Waals surface area (Å²) in [5.74, 6) is 1.34. The highest BCUT2D eigenvalue weighted by Crippen LogP contribution is 2.35. The number of nitrogens with one attached hydrogen (secondary N) is 1. The van der Waals surface area contributed by atoms with Gasteiger partial charge in [-0.05, 0) is 63.6 Å². The number of piperidine rings is 1. The summed E-state index contributed by atoms with van der Waals surface area (Å²) in [7, 11) is 0. The minimum absolute atomic E-state index is 0.806. The lowest BCUT2D eigenvalue weighted by Gasteiger charge is -2.39. The van der Waals surface area contributed by atoms with Crippen molar-refractivity contribution >= 4 is 11.8 Å². The average Bonchev–Trinajstić information content (AvgIpc) is 2.60. The predicted molar refractivity (Wildman–Crippen MR) is 82.4 cm³/mol. The van der Waals surface area contributed by atoms with Crippen LogP contribution in [-0.2, 0) is 0 Å². The second kappa shape index (κ2) is 7.76. The third kappa shape index (κ3) is 3.88. The Kier molecular flexibility index (Phi) is 6.33. The molecule has 2 saturated heterocycles. The van der Waals surface area contributed by atoms with Crippen molar-refractivity contribution in [3.63, 3.8) is 0 Å². The lowest BCUT2D eigenvalue weighted by molar-refractivity contribution is 0.115. The van der Waals surface area contributed by atoms with Gasteiger partial charge in [-0.3, -0.25) is 4.90 Å². The van der Waals surface area contributed by atoms with Crippen LogP contribution in [0.1, 0.15) is 51.9 Å². The third-order valence-corrected chi connectivity index (χ3v) is 5.34. The van der Waals surface area contributed by atoms with Crippen LogP contribution in [0.4, 0.5) is 0 Å². The number of rotatable bonds is 8. The van der Waals surface area contributed by atoms with Crippen molar-refractivity contribution in [1.82, 2.24) is 10.2 Å². The smallest absolute Gasteiger partial charge is 0.0114 e. The molecule has 2 nitrogen and oxygen atoms in total. The van der Waals surface area contributed by atoms with Crippen LogP contribution in [0.3, 0.4) is 0 Å². The molecule has 0 aromatic heterocycles. The van der Waals surface area contributed by atoms with E-state index in [0.29, 0.717) is 0 Å². The Morgan fingerprint density at radius 2 is 1.83 bits per heavy atom. The van der Waals surface area contributed by atoms with Gasteiger partial charge in [-0.2, -0.15) is 11.8 Å². The van der Waals surface area contributed by atoms with E-state index in [1.54, 1.807) is 0 Å². The third-order valence-electron chi connectivity index (χ3n) is 4.64. The Morgan fingerprint density at radius 1 is 1.11 bits per heavy atom. The molecule has 0 aromatic carbocycles. The molecule has 2 unspecified atom stereocenters. The number of hydrogen-bond acceptors (Lipinski definition) is 3. The maximum absolute atomic E-state index is 3.66. The summed E-state index contributed by atoms with van der Waals surface area (Å²) in [6.07, 6.45) is 12.2. The summed E-state index contributed by atoms with van der Waals surface area (Å²) >= 11 is 1.98. The van der Waals surface area contributed by atoms with Crippen LogP contribution < -0.4 is 5.32 Å². The highest BCUT2D eigenvalue weighted by atomic mass is 32.2. The van der Waals surface area contributed by atoms with Crippen LogP contribution >= 0.6 is 11.8 Å². The molecule has 2 aliphatic heterocycles. The molecule has 2 bridgehead atoms. The second-order valence-corrected chi connectivity index (χ2v) is 6.89. The van der Waals surface area contributed by atoms with Gasteiger partial charge in [-0.15, -0.1) is 0 Å². The van der Waals surface area contributed by atoms with Crippen LogP contribution in [0.25, 0.3) is 0 Å². The molecule has 2 heterocycles. The summed E-state index contributed by atoms with van der Waals surface area (Å²) < 4.78 is 0. The zero-order valence-corrected chi connectivity index (χ0v) is 13.0. The molecule has 18 heavy (non-hydrogen) atoms. The SMILES string of the molecule is CCNC1CC2CCC(C1)N2CCCCCSC. The van der Waals surface area contributed by atoms with E-state index < -0.39 is 0 Å². The van der Waals surface area contributed by atoms with E-state index in [9.17, 15) is 0 Å². The summed E-state index contributed by atoms with van der Waals surface area (Å²) in [4.78, 5) is 2.84. The second-order valence-electron chi connectivity index (χ2n) is 5.90. The van der Waals surface area contributed by atoms with Crippen molar-refractivity contribution in [2.45, 2.75) is 70.0 Å². The van der Waals surface area contributed by atoms with Gasteiger partial charge >= 0.3 is 0 Å². The van der Waals surface area contributed by atoms with E-state index in [0.717, 1.165) is 24.7 Å². The minimum atomic E-state index is 0.806. The number of fused-ring (bicyclic) bond motifs is 2. The molecule has 0 aliphatic carbocycles. The van der Waals surface area contributed by atoms with Crippen LogP contribution in [-0.4, -0.2) is 48.1 Å². The molecule has 2 aliphatic rings. The van der Waals surface area contributed by atoms with E-state index in [2.05, 4.69) is 23.4 Å². The zero-order chi connectivity index (χ0) is 12.8. The normalized spacial score (nSPS) is 32.0. The monoisotopic (exact) mass is 270 g/mol. The predicted octanol–water partition coefficient (Wildman–Crippen LogP) is 3.12. The van der Waals surface area contributed by atoms with Crippen LogP contribution in [0.2, 0.25) is 0 Å². The fraction of sp³-hybridized carbons (Fsp3) is 1.00. The zero-order valence-electron chi connectivity index (χ0n) is 12.2. The number of thioether (sulfide) groups is 1. The Bertz CT molecular complexity index is 221. The molecule has 2 rings (SSSR count). The molecule has 0 saturated carbocycles. The van der Waals surface area contributed by atoms with Gasteiger partial charge < -0.3 is 5.32 Å². The van der Waals surface area contributed by atoms with Gasteiger partial charge in [-0.1, -0.05) is 13.3 Å². The van der Waals surface area contributed by atoms with E-state index >= 15 is 0 Å². The van der Waals surface area contributed by atoms with Crippen molar-refractivity contribution in [3.05, 3.63) is 0 Å². The number of hydrogen-bond donors (Lipinski definition) is 1. The number of nitrogens with zero attached hydrogens (tertiary/aromatic N) is 1. The van der Waals surface area contributed by atoms with Gasteiger partial charge in [-0.25, -0.2) is 0 Å². The largest absolute Gasteiger partial charge is 0.314 e. The Balaban J connectivity index is 1.68. The van der Waals surface area contributed by atoms with Gasteiger partial charge in [0.15, 0.2) is 0 Å². The van der Waals surface area contributed by atoms with Gasteiger partial charge in [0, 0.05) is 18.1 Å². The molecule has 2 atom stereocenters. The molecule has 1 N–H and O–H groups in total. The molecule has 2 fully saturated rings. The van der Waals surface area contributed by atoms with E-state index in [1.165, 1.54) is 57.2 Å². The first-order valence-corrected chi connectivity index (χ1v) is 9.22. The van der Waals surface area contributed by atoms with Crippen molar-refractivity contribution in [1.29, 1.82) is 0 Å². The van der Waals surface area contributed by atoms with Crippen LogP contribution in [0.5, 0.6) is 0 Å². The Morgan fingerprint density at radius 3 is 2.44 bits per heavy atom. The summed E-state index contributed by atoms with van der Waals surface area (Å²) in [5.41, 5.74) is 0. The van der Waals surface area contributed by atoms with Crippen LogP contribution in [0.15, 0.2) is 0 Å². The van der Waals surface area contributed by atoms with E-state index in [4.69, 9.17) is 0 Å². The van der Waals surface area contributed by atoms with Gasteiger partial charge in [0.25, 0.3) is 0 Å². The molecular weight excluding hydrogens is 240 g/mol. The molecule has 106 valence electrons. The van der Waals surface area contributed by atoms with Crippen molar-refractivity contribution in [3.8, 4) is 0 Å². The molecule has 0 aromatic rings. The highest BCUT2D eigenvalue weighted by molar-refractivity contribution is 7.98. The van der Waals surface area contributed by atoms with Crippen molar-refractivity contribution < 1.29 is 0 Å². The fourth-order valence-corrected chi connectivity index (χ4v) is 4.30. The quantitative estimate of drug-likeness (QED) is 0.682. The van der Waals surface area contributed by atoms with Crippen LogP contribution in [0, 0.1) is 0 Å². The first kappa shape index (κ1) is 14.7. The summed E-state index contributed by atoms with van der Waals surface area (Å²) in [6, 6.07) is 2.60. The van der Waals surface area contributed by atoms with Crippen molar-refractivity contribution in [2.75, 3.05) is 25.1 Å². The van der Waals surface area contributed by atoms with Gasteiger partial charge in [0.2, 0.25) is 0 Å². The van der Waals surface area contributed by atoms with Gasteiger partial charge in [0.1, 0.15) is 0 Å². The first-order valence-electron chi connectivity index (χ1n) is 7.83. The van der Waals surface area contributed by atoms with E-state index in [1.807, 2.05) is 11.8 Å². The lowest BCUT2D eigenvalue weighted by Crippen LogP contribution is -2.49. The van der Waals surface area contributed by atoms with E-state index in [-0.39, 0.29) is 0 Å². The lowest BCUT2D eigenvalue weighted by atomic mass is 9.97. The summed E-state index contributed by atoms with van der Waals surface area (Å²) in [5, 5.41) is 3.66. The maximum Gasteiger partial charge on any atom is 0.0114 e. The minimum Gasteiger partial charge on any atom is -0.314 e. The number of unbranched alkanes of at least 4 members (excludes halogenated alkanes) is 2. The molecule has 0 radical (unpaired) electrons. The van der Waals surface area contributed by atoms with Crippen molar-refractivity contribution in [2.24, 2.45) is 0 Å². The topological polar surface area (TPSA) is 15.3 Å².